The Kier molecular flexibility index (Phi) is 13.0. The van der Waals surface area contributed by atoms with Crippen LogP contribution in [0.3, 0.4) is 0 Å². The molecule has 0 amide bonds. The van der Waals surface area contributed by atoms with Crippen molar-refractivity contribution in [2.45, 2.75) is 93.1 Å². The molecule has 0 radical (unpaired) electrons. The van der Waals surface area contributed by atoms with Gasteiger partial charge in [0.1, 0.15) is 62.0 Å². The van der Waals surface area contributed by atoms with Crippen LogP contribution in [0, 0.1) is 23.7 Å². The lowest BCUT2D eigenvalue weighted by molar-refractivity contribution is -0.342. The summed E-state index contributed by atoms with van der Waals surface area (Å²) >= 11 is 0.756. The van der Waals surface area contributed by atoms with Crippen LogP contribution in [-0.4, -0.2) is 183 Å². The van der Waals surface area contributed by atoms with Crippen LogP contribution in [0.2, 0.25) is 0 Å². The first-order valence-electron chi connectivity index (χ1n) is 18.5. The number of carbonyl (C=O) groups excluding carboxylic acids is 4. The van der Waals surface area contributed by atoms with Gasteiger partial charge in [0.25, 0.3) is 0 Å². The number of esters is 3. The minimum atomic E-state index is -1.97. The van der Waals surface area contributed by atoms with Gasteiger partial charge in [-0.3, -0.25) is 4.79 Å². The maximum absolute atomic E-state index is 14.1. The van der Waals surface area contributed by atoms with Crippen molar-refractivity contribution in [3.63, 3.8) is 0 Å². The van der Waals surface area contributed by atoms with Gasteiger partial charge < -0.3 is 88.2 Å². The number of fused-ring (bicyclic) bond motifs is 1. The van der Waals surface area contributed by atoms with E-state index in [1.165, 1.54) is 19.3 Å². The Bertz CT molecular complexity index is 1760. The molecule has 23 heteroatoms. The topological polar surface area (TPSA) is 322 Å². The van der Waals surface area contributed by atoms with Crippen molar-refractivity contribution < 1.29 is 107 Å². The predicted octanol–water partition coefficient (Wildman–Crippen LogP) is -3.66. The van der Waals surface area contributed by atoms with E-state index >= 15 is 0 Å². The maximum Gasteiger partial charge on any atom is 0.367 e. The number of hydrogen-bond acceptors (Lipinski definition) is 23. The van der Waals surface area contributed by atoms with Crippen LogP contribution in [0.5, 0.6) is 0 Å². The van der Waals surface area contributed by atoms with Crippen molar-refractivity contribution in [2.24, 2.45) is 23.7 Å². The minimum absolute atomic E-state index is 0.184. The van der Waals surface area contributed by atoms with Gasteiger partial charge in [-0.15, -0.1) is 0 Å². The average molecular weight is 861 g/mol. The lowest BCUT2D eigenvalue weighted by atomic mass is 9.82. The highest BCUT2D eigenvalue weighted by atomic mass is 32.2. The molecule has 8 N–H and O–H groups in total. The number of carbonyl (C=O) groups is 4. The van der Waals surface area contributed by atoms with Crippen molar-refractivity contribution in [3.8, 4) is 0 Å². The second-order valence-corrected chi connectivity index (χ2v) is 15.4. The molecule has 0 aromatic carbocycles. The quantitative estimate of drug-likeness (QED) is 0.0533. The fraction of sp³-hybridized carbons (Fsp3) is 0.667. The molecule has 7 aliphatic rings. The third kappa shape index (κ3) is 8.24. The summed E-state index contributed by atoms with van der Waals surface area (Å²) in [4.78, 5) is 50.4. The first-order valence-corrected chi connectivity index (χ1v) is 19.7. The van der Waals surface area contributed by atoms with Gasteiger partial charge in [-0.05, 0) is 35.2 Å². The van der Waals surface area contributed by atoms with Gasteiger partial charge in [-0.2, -0.15) is 0 Å². The Hall–Kier alpha value is -3.69. The van der Waals surface area contributed by atoms with E-state index in [1.807, 2.05) is 0 Å². The Balaban J connectivity index is 1.14. The summed E-state index contributed by atoms with van der Waals surface area (Å²) in [5.41, 5.74) is 0.463. The van der Waals surface area contributed by atoms with Gasteiger partial charge in [0.05, 0.1) is 54.8 Å². The number of rotatable bonds is 12. The van der Waals surface area contributed by atoms with Crippen molar-refractivity contribution in [3.05, 3.63) is 47.0 Å². The molecule has 0 aromatic rings. The molecule has 18 unspecified atom stereocenters. The SMILES string of the molecule is CSC(=O)OCC1=CC(O)C2C(C(=O)OC3C(OC4OC=C5C(=O)OC6C=C(COC(C)=O)C4C56)OC(CO)C(O)C3O)=COC(OC3OC(CO)C(O)C(O)C3O)C12. The zero-order valence-electron chi connectivity index (χ0n) is 31.2. The number of aliphatic hydroxyl groups is 8. The van der Waals surface area contributed by atoms with Gasteiger partial charge >= 0.3 is 23.2 Å². The summed E-state index contributed by atoms with van der Waals surface area (Å²) in [6.07, 6.45) is -16.2. The molecular formula is C36H44O22S. The van der Waals surface area contributed by atoms with Gasteiger partial charge in [0.15, 0.2) is 12.4 Å². The smallest absolute Gasteiger partial charge is 0.367 e. The molecule has 3 fully saturated rings. The first kappa shape index (κ1) is 43.4. The van der Waals surface area contributed by atoms with Crippen molar-refractivity contribution in [1.29, 1.82) is 0 Å². The van der Waals surface area contributed by atoms with Gasteiger partial charge in [0.2, 0.25) is 18.9 Å². The number of thioether (sulfide) groups is 1. The average Bonchev–Trinajstić information content (AvgIpc) is 3.86. The molecule has 0 bridgehead atoms. The third-order valence-electron chi connectivity index (χ3n) is 11.2. The van der Waals surface area contributed by atoms with E-state index in [0.29, 0.717) is 5.57 Å². The van der Waals surface area contributed by atoms with Crippen LogP contribution in [0.4, 0.5) is 4.79 Å². The maximum atomic E-state index is 14.1. The normalized spacial score (nSPS) is 42.1. The van der Waals surface area contributed by atoms with Gasteiger partial charge in [-0.1, -0.05) is 6.08 Å². The van der Waals surface area contributed by atoms with E-state index in [0.717, 1.165) is 24.3 Å². The largest absolute Gasteiger partial charge is 0.471 e. The number of aliphatic hydroxyl groups excluding tert-OH is 8. The van der Waals surface area contributed by atoms with Crippen LogP contribution in [0.25, 0.3) is 0 Å². The summed E-state index contributed by atoms with van der Waals surface area (Å²) in [6.45, 7) is -1.04. The molecule has 5 heterocycles. The third-order valence-corrected chi connectivity index (χ3v) is 11.7. The Labute approximate surface area is 338 Å². The second kappa shape index (κ2) is 17.7. The second-order valence-electron chi connectivity index (χ2n) is 14.7. The van der Waals surface area contributed by atoms with Crippen LogP contribution in [0.1, 0.15) is 6.92 Å². The van der Waals surface area contributed by atoms with E-state index in [9.17, 15) is 60.0 Å². The van der Waals surface area contributed by atoms with Crippen LogP contribution in [-0.2, 0) is 61.8 Å². The molecule has 326 valence electrons. The molecule has 5 aliphatic heterocycles. The molecule has 3 saturated heterocycles. The van der Waals surface area contributed by atoms with Gasteiger partial charge in [0, 0.05) is 18.8 Å². The van der Waals surface area contributed by atoms with E-state index in [-0.39, 0.29) is 23.3 Å². The van der Waals surface area contributed by atoms with Crippen molar-refractivity contribution in [2.75, 3.05) is 32.7 Å². The Morgan fingerprint density at radius 3 is 1.97 bits per heavy atom. The molecule has 59 heavy (non-hydrogen) atoms. The summed E-state index contributed by atoms with van der Waals surface area (Å²) in [6, 6.07) is 0. The Morgan fingerprint density at radius 2 is 1.31 bits per heavy atom. The molecule has 0 aromatic heterocycles. The molecular weight excluding hydrogens is 816 g/mol. The molecule has 18 atom stereocenters. The van der Waals surface area contributed by atoms with Crippen LogP contribution < -0.4 is 0 Å². The molecule has 0 saturated carbocycles. The highest BCUT2D eigenvalue weighted by Crippen LogP contribution is 2.50. The molecule has 2 aliphatic carbocycles. The van der Waals surface area contributed by atoms with E-state index < -0.39 is 153 Å². The fourth-order valence-electron chi connectivity index (χ4n) is 8.28. The molecule has 0 spiro atoms. The van der Waals surface area contributed by atoms with Crippen molar-refractivity contribution in [1.82, 2.24) is 0 Å². The lowest BCUT2D eigenvalue weighted by Crippen LogP contribution is -2.61. The number of hydrogen-bond donors (Lipinski definition) is 8. The zero-order valence-corrected chi connectivity index (χ0v) is 32.0. The first-order chi connectivity index (χ1) is 28.2. The zero-order chi connectivity index (χ0) is 42.4. The highest BCUT2D eigenvalue weighted by molar-refractivity contribution is 8.12. The highest BCUT2D eigenvalue weighted by Gasteiger charge is 2.58. The van der Waals surface area contributed by atoms with Crippen LogP contribution >= 0.6 is 11.8 Å². The molecule has 7 rings (SSSR count). The minimum Gasteiger partial charge on any atom is -0.471 e. The lowest BCUT2D eigenvalue weighted by Gasteiger charge is -2.44. The standard InChI is InChI=1S/C36H44O22S/c1-11(39)49-7-13-4-17-23-15(30(46)53-17)10-51-33(21(13)23)58-35-29(27(44)25(42)19(6-38)55-35)56-31(47)14-9-50-32(57-34-28(45)26(43)24(41)18(5-37)54-34)20-12(3-16(40)22(14)20)8-52-36(48)59-2/h3-4,9-10,16-29,32-35,37-38,40-45H,5-8H2,1-2H3. The fourth-order valence-corrected chi connectivity index (χ4v) is 8.46. The Morgan fingerprint density at radius 1 is 0.712 bits per heavy atom. The number of ether oxygens (including phenoxy) is 10. The van der Waals surface area contributed by atoms with Gasteiger partial charge in [-0.25, -0.2) is 14.4 Å². The van der Waals surface area contributed by atoms with E-state index in [1.54, 1.807) is 6.08 Å². The molecule has 22 nitrogen and oxygen atoms in total. The summed E-state index contributed by atoms with van der Waals surface area (Å²) in [5.74, 6) is -6.41. The monoisotopic (exact) mass is 860 g/mol. The predicted molar refractivity (Wildman–Crippen MR) is 187 cm³/mol. The van der Waals surface area contributed by atoms with Crippen LogP contribution in [0.15, 0.2) is 47.0 Å². The van der Waals surface area contributed by atoms with Crippen molar-refractivity contribution >= 4 is 35.0 Å². The summed E-state index contributed by atoms with van der Waals surface area (Å²) in [7, 11) is 0. The van der Waals surface area contributed by atoms with E-state index in [4.69, 9.17) is 47.4 Å². The summed E-state index contributed by atoms with van der Waals surface area (Å²) in [5, 5.41) is 83.7. The van der Waals surface area contributed by atoms with E-state index in [2.05, 4.69) is 0 Å². The summed E-state index contributed by atoms with van der Waals surface area (Å²) < 4.78 is 56.5.